The second kappa shape index (κ2) is 9.80. The highest BCUT2D eigenvalue weighted by Crippen LogP contribution is 2.21. The van der Waals surface area contributed by atoms with Crippen molar-refractivity contribution in [3.05, 3.63) is 76.3 Å². The van der Waals surface area contributed by atoms with E-state index in [0.717, 1.165) is 17.1 Å². The van der Waals surface area contributed by atoms with E-state index in [1.807, 2.05) is 73.3 Å². The minimum Gasteiger partial charge on any atom is -0.334 e. The summed E-state index contributed by atoms with van der Waals surface area (Å²) in [6.45, 7) is 7.31. The second-order valence-electron chi connectivity index (χ2n) is 8.23. The molecule has 0 spiro atoms. The molecule has 0 saturated carbocycles. The molecule has 0 aliphatic rings. The molecule has 3 rings (SSSR count). The number of hydrogen-bond donors (Lipinski definition) is 2. The molecule has 1 aromatic heterocycles. The third-order valence-corrected chi connectivity index (χ3v) is 5.75. The molecular weight excluding hydrogens is 410 g/mol. The van der Waals surface area contributed by atoms with Crippen LogP contribution in [-0.2, 0) is 6.54 Å². The summed E-state index contributed by atoms with van der Waals surface area (Å²) in [6, 6.07) is 16.7. The molecule has 8 heteroatoms. The Bertz CT molecular complexity index is 1030. The van der Waals surface area contributed by atoms with Crippen molar-refractivity contribution in [3.63, 3.8) is 0 Å². The molecule has 2 amide bonds. The molecule has 162 valence electrons. The van der Waals surface area contributed by atoms with Crippen molar-refractivity contribution in [2.45, 2.75) is 27.3 Å². The Morgan fingerprint density at radius 3 is 2.35 bits per heavy atom. The van der Waals surface area contributed by atoms with Gasteiger partial charge in [0.05, 0.1) is 5.69 Å². The number of benzene rings is 2. The van der Waals surface area contributed by atoms with Gasteiger partial charge in [0.2, 0.25) is 0 Å². The maximum atomic E-state index is 13.1. The van der Waals surface area contributed by atoms with Gasteiger partial charge >= 0.3 is 0 Å². The Morgan fingerprint density at radius 2 is 1.77 bits per heavy atom. The van der Waals surface area contributed by atoms with Gasteiger partial charge in [-0.1, -0.05) is 48.7 Å². The fourth-order valence-electron chi connectivity index (χ4n) is 3.09. The zero-order valence-electron chi connectivity index (χ0n) is 18.0. The maximum absolute atomic E-state index is 13.1. The Labute approximate surface area is 186 Å². The summed E-state index contributed by atoms with van der Waals surface area (Å²) in [7, 11) is 0. The van der Waals surface area contributed by atoms with E-state index in [-0.39, 0.29) is 17.2 Å². The van der Waals surface area contributed by atoms with Crippen molar-refractivity contribution in [2.75, 3.05) is 18.4 Å². The third kappa shape index (κ3) is 5.96. The summed E-state index contributed by atoms with van der Waals surface area (Å²) in [5, 5.41) is 6.72. The summed E-state index contributed by atoms with van der Waals surface area (Å²) in [4.78, 5) is 27.8. The number of nitrogens with one attached hydrogen (secondary N) is 1. The summed E-state index contributed by atoms with van der Waals surface area (Å²) in [6.07, 6.45) is 0. The number of rotatable bonds is 8. The number of aryl methyl sites for hydroxylation is 1. The summed E-state index contributed by atoms with van der Waals surface area (Å²) in [5.74, 6) is -0.265. The number of amides is 2. The smallest absolute Gasteiger partial charge is 0.269 e. The number of aromatic nitrogens is 2. The summed E-state index contributed by atoms with van der Waals surface area (Å²) >= 11 is 1.07. The number of hydrogen-bond acceptors (Lipinski definition) is 6. The number of nitrogens with zero attached hydrogens (tertiary/aromatic N) is 3. The molecular formula is C23H27N5O2S. The lowest BCUT2D eigenvalue weighted by Gasteiger charge is -2.32. The normalized spacial score (nSPS) is 11.2. The molecule has 0 fully saturated rings. The van der Waals surface area contributed by atoms with E-state index < -0.39 is 0 Å². The molecule has 0 bridgehead atoms. The van der Waals surface area contributed by atoms with E-state index in [0.29, 0.717) is 41.5 Å². The molecule has 0 aliphatic carbocycles. The van der Waals surface area contributed by atoms with Crippen LogP contribution in [0.4, 0.5) is 5.69 Å². The van der Waals surface area contributed by atoms with Crippen molar-refractivity contribution in [2.24, 2.45) is 11.1 Å². The first-order chi connectivity index (χ1) is 14.8. The highest BCUT2D eigenvalue weighted by atomic mass is 32.1. The summed E-state index contributed by atoms with van der Waals surface area (Å²) < 4.78 is 3.79. The molecule has 0 atom stereocenters. The van der Waals surface area contributed by atoms with Crippen molar-refractivity contribution >= 4 is 29.0 Å². The van der Waals surface area contributed by atoms with Crippen molar-refractivity contribution in [3.8, 4) is 0 Å². The van der Waals surface area contributed by atoms with Gasteiger partial charge in [-0.2, -0.15) is 0 Å². The van der Waals surface area contributed by atoms with Crippen LogP contribution < -0.4 is 11.1 Å². The van der Waals surface area contributed by atoms with Crippen LogP contribution in [0.3, 0.4) is 0 Å². The molecule has 3 N–H and O–H groups in total. The maximum Gasteiger partial charge on any atom is 0.269 e. The average molecular weight is 438 g/mol. The molecule has 0 radical (unpaired) electrons. The van der Waals surface area contributed by atoms with Crippen LogP contribution in [0.2, 0.25) is 0 Å². The van der Waals surface area contributed by atoms with Crippen LogP contribution in [0.15, 0.2) is 54.6 Å². The minimum atomic E-state index is -0.231. The van der Waals surface area contributed by atoms with Gasteiger partial charge in [-0.3, -0.25) is 9.59 Å². The first-order valence-electron chi connectivity index (χ1n) is 10.0. The first-order valence-corrected chi connectivity index (χ1v) is 10.8. The molecule has 7 nitrogen and oxygen atoms in total. The quantitative estimate of drug-likeness (QED) is 0.559. The monoisotopic (exact) mass is 437 g/mol. The van der Waals surface area contributed by atoms with Crippen molar-refractivity contribution in [1.82, 2.24) is 14.5 Å². The van der Waals surface area contributed by atoms with Gasteiger partial charge in [-0.05, 0) is 60.2 Å². The Kier molecular flexibility index (Phi) is 7.14. The zero-order chi connectivity index (χ0) is 22.4. The van der Waals surface area contributed by atoms with Crippen LogP contribution in [0.25, 0.3) is 0 Å². The Balaban J connectivity index is 1.74. The van der Waals surface area contributed by atoms with E-state index in [2.05, 4.69) is 14.9 Å². The number of anilines is 1. The lowest BCUT2D eigenvalue weighted by molar-refractivity contribution is 0.0673. The molecule has 3 aromatic rings. The van der Waals surface area contributed by atoms with Crippen LogP contribution in [0.5, 0.6) is 0 Å². The van der Waals surface area contributed by atoms with E-state index in [1.54, 1.807) is 6.92 Å². The summed E-state index contributed by atoms with van der Waals surface area (Å²) in [5.41, 5.74) is 8.60. The standard InChI is InChI=1S/C23H27N5O2S/c1-16-20(31-27-26-16)21(29)25-19-11-9-17(10-12-19)13-28(15-23(2,3)14-24)22(30)18-7-5-4-6-8-18/h4-12H,13-15,24H2,1-3H3,(H,25,29). The average Bonchev–Trinajstić information content (AvgIpc) is 3.20. The lowest BCUT2D eigenvalue weighted by atomic mass is 9.92. The Morgan fingerprint density at radius 1 is 1.10 bits per heavy atom. The number of nitrogens with two attached hydrogens (primary N) is 1. The highest BCUT2D eigenvalue weighted by molar-refractivity contribution is 7.08. The van der Waals surface area contributed by atoms with E-state index in [1.165, 1.54) is 0 Å². The number of carbonyl (C=O) groups is 2. The molecule has 0 unspecified atom stereocenters. The largest absolute Gasteiger partial charge is 0.334 e. The van der Waals surface area contributed by atoms with Gasteiger partial charge in [0, 0.05) is 24.3 Å². The highest BCUT2D eigenvalue weighted by Gasteiger charge is 2.25. The SMILES string of the molecule is Cc1nnsc1C(=O)Nc1ccc(CN(CC(C)(C)CN)C(=O)c2ccccc2)cc1. The molecule has 0 saturated heterocycles. The van der Waals surface area contributed by atoms with Crippen LogP contribution in [0, 0.1) is 12.3 Å². The molecule has 2 aromatic carbocycles. The van der Waals surface area contributed by atoms with Gasteiger partial charge in [-0.25, -0.2) is 0 Å². The topological polar surface area (TPSA) is 101 Å². The van der Waals surface area contributed by atoms with Gasteiger partial charge in [0.25, 0.3) is 11.8 Å². The van der Waals surface area contributed by atoms with Crippen LogP contribution in [0.1, 0.15) is 45.1 Å². The van der Waals surface area contributed by atoms with Crippen LogP contribution >= 0.6 is 11.5 Å². The van der Waals surface area contributed by atoms with E-state index in [9.17, 15) is 9.59 Å². The lowest BCUT2D eigenvalue weighted by Crippen LogP contribution is -2.41. The van der Waals surface area contributed by atoms with Crippen molar-refractivity contribution in [1.29, 1.82) is 0 Å². The first kappa shape index (κ1) is 22.6. The predicted molar refractivity (Wildman–Crippen MR) is 123 cm³/mol. The third-order valence-electron chi connectivity index (χ3n) is 4.92. The van der Waals surface area contributed by atoms with Gasteiger partial charge in [0.1, 0.15) is 4.88 Å². The van der Waals surface area contributed by atoms with Gasteiger partial charge < -0.3 is 16.0 Å². The number of carbonyl (C=O) groups excluding carboxylic acids is 2. The van der Waals surface area contributed by atoms with Crippen molar-refractivity contribution < 1.29 is 9.59 Å². The fraction of sp³-hybridized carbons (Fsp3) is 0.304. The van der Waals surface area contributed by atoms with E-state index in [4.69, 9.17) is 5.73 Å². The fourth-order valence-corrected chi connectivity index (χ4v) is 3.64. The molecule has 31 heavy (non-hydrogen) atoms. The van der Waals surface area contributed by atoms with Gasteiger partial charge in [0.15, 0.2) is 0 Å². The van der Waals surface area contributed by atoms with E-state index >= 15 is 0 Å². The van der Waals surface area contributed by atoms with Crippen LogP contribution in [-0.4, -0.2) is 39.4 Å². The predicted octanol–water partition coefficient (Wildman–Crippen LogP) is 3.73. The minimum absolute atomic E-state index is 0.0346. The molecule has 1 heterocycles. The Hall–Kier alpha value is -3.10. The second-order valence-corrected chi connectivity index (χ2v) is 8.99. The van der Waals surface area contributed by atoms with Gasteiger partial charge in [-0.15, -0.1) is 5.10 Å². The molecule has 0 aliphatic heterocycles. The zero-order valence-corrected chi connectivity index (χ0v) is 18.8.